The lowest BCUT2D eigenvalue weighted by Gasteiger charge is -2.32. The fourth-order valence-corrected chi connectivity index (χ4v) is 2.59. The van der Waals surface area contributed by atoms with Crippen LogP contribution in [0.25, 0.3) is 0 Å². The minimum atomic E-state index is -0.971. The molecule has 4 nitrogen and oxygen atoms in total. The van der Waals surface area contributed by atoms with Crippen molar-refractivity contribution in [2.45, 2.75) is 58.1 Å². The first-order valence-corrected chi connectivity index (χ1v) is 7.36. The van der Waals surface area contributed by atoms with Gasteiger partial charge in [-0.2, -0.15) is 0 Å². The first-order valence-electron chi connectivity index (χ1n) is 7.36. The van der Waals surface area contributed by atoms with Crippen LogP contribution in [-0.4, -0.2) is 29.4 Å². The van der Waals surface area contributed by atoms with Gasteiger partial charge in [0.25, 0.3) is 0 Å². The van der Waals surface area contributed by atoms with Gasteiger partial charge in [0.15, 0.2) is 0 Å². The van der Waals surface area contributed by atoms with Crippen LogP contribution in [0.5, 0.6) is 0 Å². The fraction of sp³-hybridized carbons (Fsp3) is 0.562. The Morgan fingerprint density at radius 3 is 2.23 bits per heavy atom. The Morgan fingerprint density at radius 2 is 1.77 bits per heavy atom. The van der Waals surface area contributed by atoms with Crippen LogP contribution < -0.4 is 0 Å². The number of carboxylic acid groups (broad SMARTS) is 1. The molecule has 1 aliphatic heterocycles. The molecule has 0 aromatic heterocycles. The summed E-state index contributed by atoms with van der Waals surface area (Å²) in [6.07, 6.45) is -0.181. The van der Waals surface area contributed by atoms with Crippen molar-refractivity contribution < 1.29 is 23.6 Å². The SMILES string of the molecule is Cc1cc(F)cc(C(CC(=O)O)B2OC(C)(C)C(C)(C)O2)c1. The number of carbonyl (C=O) groups is 1. The minimum Gasteiger partial charge on any atom is -0.481 e. The lowest BCUT2D eigenvalue weighted by Crippen LogP contribution is -2.41. The molecule has 1 N–H and O–H groups in total. The van der Waals surface area contributed by atoms with Crippen LogP contribution in [0, 0.1) is 12.7 Å². The summed E-state index contributed by atoms with van der Waals surface area (Å²) in [6.45, 7) is 9.39. The molecule has 1 aromatic rings. The van der Waals surface area contributed by atoms with Gasteiger partial charge in [-0.1, -0.05) is 6.07 Å². The average Bonchev–Trinajstić information content (AvgIpc) is 2.53. The van der Waals surface area contributed by atoms with Crippen molar-refractivity contribution >= 4 is 13.1 Å². The van der Waals surface area contributed by atoms with Gasteiger partial charge < -0.3 is 14.4 Å². The Morgan fingerprint density at radius 1 is 1.23 bits per heavy atom. The van der Waals surface area contributed by atoms with Crippen LogP contribution >= 0.6 is 0 Å². The molecule has 0 radical (unpaired) electrons. The Bertz CT molecular complexity index is 549. The molecule has 1 fully saturated rings. The first kappa shape index (κ1) is 17.0. The third-order valence-electron chi connectivity index (χ3n) is 4.49. The second kappa shape index (κ2) is 5.67. The van der Waals surface area contributed by atoms with Crippen molar-refractivity contribution in [3.8, 4) is 0 Å². The van der Waals surface area contributed by atoms with Crippen LogP contribution in [0.4, 0.5) is 4.39 Å². The van der Waals surface area contributed by atoms with Gasteiger partial charge in [-0.3, -0.25) is 4.79 Å². The number of hydrogen-bond acceptors (Lipinski definition) is 3. The molecule has 6 heteroatoms. The van der Waals surface area contributed by atoms with Crippen LogP contribution in [0.1, 0.15) is 51.1 Å². The summed E-state index contributed by atoms with van der Waals surface area (Å²) < 4.78 is 25.6. The summed E-state index contributed by atoms with van der Waals surface area (Å²) in [5.74, 6) is -1.92. The fourth-order valence-electron chi connectivity index (χ4n) is 2.59. The van der Waals surface area contributed by atoms with E-state index in [1.807, 2.05) is 27.7 Å². The van der Waals surface area contributed by atoms with E-state index in [9.17, 15) is 14.3 Å². The van der Waals surface area contributed by atoms with Gasteiger partial charge in [0.1, 0.15) is 5.82 Å². The third-order valence-corrected chi connectivity index (χ3v) is 4.49. The second-order valence-corrected chi connectivity index (χ2v) is 6.89. The molecule has 1 aromatic carbocycles. The number of rotatable bonds is 4. The van der Waals surface area contributed by atoms with Crippen LogP contribution in [0.15, 0.2) is 18.2 Å². The van der Waals surface area contributed by atoms with E-state index in [1.54, 1.807) is 13.0 Å². The normalized spacial score (nSPS) is 20.9. The van der Waals surface area contributed by atoms with Gasteiger partial charge in [0, 0.05) is 5.82 Å². The summed E-state index contributed by atoms with van der Waals surface area (Å²) >= 11 is 0. The molecule has 0 spiro atoms. The topological polar surface area (TPSA) is 55.8 Å². The van der Waals surface area contributed by atoms with Gasteiger partial charge in [-0.15, -0.1) is 0 Å². The smallest absolute Gasteiger partial charge is 0.466 e. The predicted octanol–water partition coefficient (Wildman–Crippen LogP) is 3.32. The highest BCUT2D eigenvalue weighted by Crippen LogP contribution is 2.41. The number of benzene rings is 1. The van der Waals surface area contributed by atoms with Crippen LogP contribution in [-0.2, 0) is 14.1 Å². The molecule has 0 saturated carbocycles. The zero-order valence-electron chi connectivity index (χ0n) is 13.6. The number of halogens is 1. The Hall–Kier alpha value is -1.40. The number of aryl methyl sites for hydroxylation is 1. The monoisotopic (exact) mass is 308 g/mol. The highest BCUT2D eigenvalue weighted by molar-refractivity contribution is 6.48. The highest BCUT2D eigenvalue weighted by Gasteiger charge is 2.54. The van der Waals surface area contributed by atoms with E-state index in [1.165, 1.54) is 12.1 Å². The molecular weight excluding hydrogens is 286 g/mol. The van der Waals surface area contributed by atoms with Crippen molar-refractivity contribution in [1.29, 1.82) is 0 Å². The Balaban J connectivity index is 2.37. The van der Waals surface area contributed by atoms with Crippen molar-refractivity contribution in [2.24, 2.45) is 0 Å². The quantitative estimate of drug-likeness (QED) is 0.867. The molecule has 1 heterocycles. The van der Waals surface area contributed by atoms with E-state index in [0.29, 0.717) is 5.56 Å². The molecule has 1 aliphatic rings. The van der Waals surface area contributed by atoms with E-state index >= 15 is 0 Å². The van der Waals surface area contributed by atoms with E-state index in [0.717, 1.165) is 5.56 Å². The van der Waals surface area contributed by atoms with Gasteiger partial charge in [0.05, 0.1) is 17.6 Å². The van der Waals surface area contributed by atoms with Crippen molar-refractivity contribution in [2.75, 3.05) is 0 Å². The largest absolute Gasteiger partial charge is 0.481 e. The lowest BCUT2D eigenvalue weighted by atomic mass is 9.66. The number of hydrogen-bond donors (Lipinski definition) is 1. The van der Waals surface area contributed by atoms with Crippen LogP contribution in [0.3, 0.4) is 0 Å². The number of carboxylic acids is 1. The zero-order valence-corrected chi connectivity index (χ0v) is 13.6. The summed E-state index contributed by atoms with van der Waals surface area (Å²) in [5, 5.41) is 9.20. The average molecular weight is 308 g/mol. The van der Waals surface area contributed by atoms with Gasteiger partial charge in [0.2, 0.25) is 0 Å². The molecule has 22 heavy (non-hydrogen) atoms. The van der Waals surface area contributed by atoms with E-state index in [-0.39, 0.29) is 12.2 Å². The molecule has 1 saturated heterocycles. The van der Waals surface area contributed by atoms with Crippen LogP contribution in [0.2, 0.25) is 0 Å². The van der Waals surface area contributed by atoms with E-state index < -0.39 is 30.1 Å². The van der Waals surface area contributed by atoms with Gasteiger partial charge >= 0.3 is 13.1 Å². The number of aliphatic carboxylic acids is 1. The maximum Gasteiger partial charge on any atom is 0.466 e. The molecule has 1 unspecified atom stereocenters. The molecule has 0 amide bonds. The summed E-state index contributed by atoms with van der Waals surface area (Å²) in [6, 6.07) is 4.54. The third kappa shape index (κ3) is 3.33. The molecule has 0 aliphatic carbocycles. The van der Waals surface area contributed by atoms with Crippen molar-refractivity contribution in [1.82, 2.24) is 0 Å². The molecule has 120 valence electrons. The van der Waals surface area contributed by atoms with E-state index in [4.69, 9.17) is 9.31 Å². The Labute approximate surface area is 130 Å². The summed E-state index contributed by atoms with van der Waals surface area (Å²) in [4.78, 5) is 11.2. The predicted molar refractivity (Wildman–Crippen MR) is 82.2 cm³/mol. The lowest BCUT2D eigenvalue weighted by molar-refractivity contribution is -0.137. The highest BCUT2D eigenvalue weighted by atomic mass is 19.1. The first-order chi connectivity index (χ1) is 10.0. The summed E-state index contributed by atoms with van der Waals surface area (Å²) in [7, 11) is -0.720. The maximum atomic E-state index is 13.7. The maximum absolute atomic E-state index is 13.7. The van der Waals surface area contributed by atoms with Gasteiger partial charge in [-0.05, 0) is 57.9 Å². The van der Waals surface area contributed by atoms with E-state index in [2.05, 4.69) is 0 Å². The Kier molecular flexibility index (Phi) is 4.37. The standard InChI is InChI=1S/C16H22BFO4/c1-10-6-11(8-12(18)7-10)13(9-14(19)20)17-21-15(2,3)16(4,5)22-17/h6-8,13H,9H2,1-5H3,(H,19,20). The second-order valence-electron chi connectivity index (χ2n) is 6.89. The zero-order chi connectivity index (χ0) is 16.7. The molecular formula is C16H22BFO4. The van der Waals surface area contributed by atoms with Gasteiger partial charge in [-0.25, -0.2) is 4.39 Å². The molecule has 2 rings (SSSR count). The minimum absolute atomic E-state index is 0.181. The summed E-state index contributed by atoms with van der Waals surface area (Å²) in [5.41, 5.74) is 0.202. The van der Waals surface area contributed by atoms with Crippen molar-refractivity contribution in [3.63, 3.8) is 0 Å². The molecule has 1 atom stereocenters. The molecule has 0 bridgehead atoms. The van der Waals surface area contributed by atoms with Crippen molar-refractivity contribution in [3.05, 3.63) is 35.1 Å².